The van der Waals surface area contributed by atoms with Crippen molar-refractivity contribution in [2.45, 2.75) is 13.8 Å². The van der Waals surface area contributed by atoms with Crippen molar-refractivity contribution in [1.82, 2.24) is 14.8 Å². The fraction of sp³-hybridized carbons (Fsp3) is 0.0870. The van der Waals surface area contributed by atoms with Crippen LogP contribution in [0, 0.1) is 13.8 Å². The van der Waals surface area contributed by atoms with Gasteiger partial charge in [0.25, 0.3) is 5.91 Å². The summed E-state index contributed by atoms with van der Waals surface area (Å²) in [5.74, 6) is 0.0501. The van der Waals surface area contributed by atoms with Gasteiger partial charge in [0.1, 0.15) is 0 Å². The third kappa shape index (κ3) is 4.59. The summed E-state index contributed by atoms with van der Waals surface area (Å²) in [6.45, 7) is 3.81. The van der Waals surface area contributed by atoms with Gasteiger partial charge in [0.05, 0.1) is 5.69 Å². The van der Waals surface area contributed by atoms with Crippen molar-refractivity contribution in [1.29, 1.82) is 0 Å². The fourth-order valence-corrected chi connectivity index (χ4v) is 3.43. The number of nitrogens with one attached hydrogen (secondary N) is 1. The zero-order valence-corrected chi connectivity index (χ0v) is 18.9. The molecule has 0 atom stereocenters. The number of aromatic nitrogens is 3. The van der Waals surface area contributed by atoms with Crippen LogP contribution in [-0.2, 0) is 0 Å². The normalized spacial score (nSPS) is 10.9. The molecule has 0 aliphatic heterocycles. The molecule has 0 unspecified atom stereocenters. The van der Waals surface area contributed by atoms with E-state index in [2.05, 4.69) is 15.4 Å². The van der Waals surface area contributed by atoms with E-state index in [0.29, 0.717) is 32.3 Å². The summed E-state index contributed by atoms with van der Waals surface area (Å²) < 4.78 is 1.59. The minimum Gasteiger partial charge on any atom is -0.319 e. The Bertz CT molecular complexity index is 1280. The number of amides is 1. The number of hydrogen-bond acceptors (Lipinski definition) is 3. The maximum atomic E-state index is 12.9. The molecule has 1 N–H and O–H groups in total. The van der Waals surface area contributed by atoms with Crippen LogP contribution in [0.4, 0.5) is 5.69 Å². The summed E-state index contributed by atoms with van der Waals surface area (Å²) in [4.78, 5) is 17.4. The van der Waals surface area contributed by atoms with Gasteiger partial charge in [-0.25, -0.2) is 9.67 Å². The topological polar surface area (TPSA) is 59.8 Å². The SMILES string of the molecule is Cc1ccc(NC(=O)c2nc(-c3ccc(Cl)cc3)n(-c3ccc(C)c(Cl)c3)n2)cc1Cl. The average molecular weight is 472 g/mol. The minimum absolute atomic E-state index is 0.0124. The van der Waals surface area contributed by atoms with Gasteiger partial charge in [-0.15, -0.1) is 5.10 Å². The quantitative estimate of drug-likeness (QED) is 0.357. The lowest BCUT2D eigenvalue weighted by molar-refractivity contribution is 0.101. The molecule has 31 heavy (non-hydrogen) atoms. The molecule has 3 aromatic carbocycles. The molecule has 0 saturated heterocycles. The van der Waals surface area contributed by atoms with Crippen LogP contribution in [0.2, 0.25) is 15.1 Å². The highest BCUT2D eigenvalue weighted by Crippen LogP contribution is 2.26. The first-order valence-electron chi connectivity index (χ1n) is 9.39. The molecule has 156 valence electrons. The van der Waals surface area contributed by atoms with E-state index < -0.39 is 5.91 Å². The lowest BCUT2D eigenvalue weighted by Gasteiger charge is -2.07. The van der Waals surface area contributed by atoms with E-state index in [1.54, 1.807) is 35.0 Å². The third-order valence-corrected chi connectivity index (χ3v) is 5.81. The van der Waals surface area contributed by atoms with Gasteiger partial charge < -0.3 is 5.32 Å². The summed E-state index contributed by atoms with van der Waals surface area (Å²) in [5.41, 5.74) is 3.86. The molecule has 1 heterocycles. The smallest absolute Gasteiger partial charge is 0.295 e. The van der Waals surface area contributed by atoms with Gasteiger partial charge in [-0.05, 0) is 73.5 Å². The van der Waals surface area contributed by atoms with E-state index in [0.717, 1.165) is 16.7 Å². The van der Waals surface area contributed by atoms with E-state index in [4.69, 9.17) is 34.8 Å². The molecule has 0 aliphatic carbocycles. The third-order valence-electron chi connectivity index (χ3n) is 4.74. The first-order valence-corrected chi connectivity index (χ1v) is 10.5. The zero-order valence-electron chi connectivity index (χ0n) is 16.7. The highest BCUT2D eigenvalue weighted by atomic mass is 35.5. The minimum atomic E-state index is -0.452. The molecule has 1 aromatic heterocycles. The second-order valence-corrected chi connectivity index (χ2v) is 8.28. The van der Waals surface area contributed by atoms with Gasteiger partial charge in [0, 0.05) is 26.3 Å². The Hall–Kier alpha value is -2.86. The second kappa shape index (κ2) is 8.71. The van der Waals surface area contributed by atoms with Crippen molar-refractivity contribution in [3.05, 3.63) is 92.7 Å². The Kier molecular flexibility index (Phi) is 6.01. The summed E-state index contributed by atoms with van der Waals surface area (Å²) >= 11 is 18.5. The van der Waals surface area contributed by atoms with E-state index in [9.17, 15) is 4.79 Å². The maximum absolute atomic E-state index is 12.9. The monoisotopic (exact) mass is 470 g/mol. The predicted molar refractivity (Wildman–Crippen MR) is 126 cm³/mol. The number of nitrogens with zero attached hydrogens (tertiary/aromatic N) is 3. The van der Waals surface area contributed by atoms with Gasteiger partial charge in [0.2, 0.25) is 5.82 Å². The van der Waals surface area contributed by atoms with E-state index in [-0.39, 0.29) is 5.82 Å². The summed E-state index contributed by atoms with van der Waals surface area (Å²) in [7, 11) is 0. The highest BCUT2D eigenvalue weighted by Gasteiger charge is 2.19. The summed E-state index contributed by atoms with van der Waals surface area (Å²) in [5, 5.41) is 9.00. The van der Waals surface area contributed by atoms with Crippen LogP contribution in [0.5, 0.6) is 0 Å². The van der Waals surface area contributed by atoms with Gasteiger partial charge in [0.15, 0.2) is 5.82 Å². The Morgan fingerprint density at radius 3 is 2.16 bits per heavy atom. The van der Waals surface area contributed by atoms with Crippen molar-refractivity contribution in [3.8, 4) is 17.1 Å². The Morgan fingerprint density at radius 2 is 1.52 bits per heavy atom. The molecule has 4 aromatic rings. The van der Waals surface area contributed by atoms with Crippen LogP contribution < -0.4 is 5.32 Å². The van der Waals surface area contributed by atoms with Crippen molar-refractivity contribution in [2.24, 2.45) is 0 Å². The number of rotatable bonds is 4. The number of halogens is 3. The van der Waals surface area contributed by atoms with E-state index >= 15 is 0 Å². The molecule has 0 radical (unpaired) electrons. The van der Waals surface area contributed by atoms with Crippen LogP contribution in [0.3, 0.4) is 0 Å². The van der Waals surface area contributed by atoms with Gasteiger partial charge >= 0.3 is 0 Å². The number of carbonyl (C=O) groups is 1. The van der Waals surface area contributed by atoms with Crippen molar-refractivity contribution >= 4 is 46.4 Å². The highest BCUT2D eigenvalue weighted by molar-refractivity contribution is 6.32. The van der Waals surface area contributed by atoms with Crippen LogP contribution in [-0.4, -0.2) is 20.7 Å². The first kappa shape index (κ1) is 21.4. The second-order valence-electron chi connectivity index (χ2n) is 7.03. The van der Waals surface area contributed by atoms with Crippen LogP contribution in [0.15, 0.2) is 60.7 Å². The van der Waals surface area contributed by atoms with Crippen LogP contribution in [0.1, 0.15) is 21.7 Å². The predicted octanol–water partition coefficient (Wildman–Crippen LogP) is 6.76. The van der Waals surface area contributed by atoms with Crippen molar-refractivity contribution in [2.75, 3.05) is 5.32 Å². The van der Waals surface area contributed by atoms with Gasteiger partial charge in [-0.2, -0.15) is 0 Å². The number of aryl methyl sites for hydroxylation is 2. The van der Waals surface area contributed by atoms with E-state index in [1.165, 1.54) is 0 Å². The van der Waals surface area contributed by atoms with Gasteiger partial charge in [-0.3, -0.25) is 4.79 Å². The molecule has 5 nitrogen and oxygen atoms in total. The maximum Gasteiger partial charge on any atom is 0.295 e. The molecule has 4 rings (SSSR count). The molecule has 8 heteroatoms. The Morgan fingerprint density at radius 1 is 0.871 bits per heavy atom. The molecular weight excluding hydrogens is 455 g/mol. The first-order chi connectivity index (χ1) is 14.8. The van der Waals surface area contributed by atoms with E-state index in [1.807, 2.05) is 44.2 Å². The van der Waals surface area contributed by atoms with Crippen LogP contribution >= 0.6 is 34.8 Å². The molecule has 1 amide bonds. The van der Waals surface area contributed by atoms with Crippen LogP contribution in [0.25, 0.3) is 17.1 Å². The molecule has 0 spiro atoms. The average Bonchev–Trinajstić information content (AvgIpc) is 3.19. The lowest BCUT2D eigenvalue weighted by atomic mass is 10.2. The molecule has 0 aliphatic rings. The fourth-order valence-electron chi connectivity index (χ4n) is 2.95. The molecule has 0 saturated carbocycles. The Balaban J connectivity index is 1.76. The summed E-state index contributed by atoms with van der Waals surface area (Å²) in [6.07, 6.45) is 0. The van der Waals surface area contributed by atoms with Crippen molar-refractivity contribution in [3.63, 3.8) is 0 Å². The number of hydrogen-bond donors (Lipinski definition) is 1. The largest absolute Gasteiger partial charge is 0.319 e. The zero-order chi connectivity index (χ0) is 22.1. The molecule has 0 bridgehead atoms. The number of carbonyl (C=O) groups excluding carboxylic acids is 1. The standard InChI is InChI=1S/C23H17Cl3N4O/c1-13-3-9-17(11-19(13)25)27-23(31)21-28-22(15-5-7-16(24)8-6-15)30(29-21)18-10-4-14(2)20(26)12-18/h3-12H,1-2H3,(H,27,31). The molecule has 0 fully saturated rings. The lowest BCUT2D eigenvalue weighted by Crippen LogP contribution is -2.14. The van der Waals surface area contributed by atoms with Gasteiger partial charge in [-0.1, -0.05) is 46.9 Å². The Labute approximate surface area is 194 Å². The number of benzene rings is 3. The number of anilines is 1. The molecular formula is C23H17Cl3N4O. The van der Waals surface area contributed by atoms with Crippen molar-refractivity contribution < 1.29 is 4.79 Å². The summed E-state index contributed by atoms with van der Waals surface area (Å²) in [6, 6.07) is 18.0.